The fraction of sp³-hybridized carbons (Fsp3) is 0.0952. The molecule has 0 bridgehead atoms. The van der Waals surface area contributed by atoms with Crippen molar-refractivity contribution in [3.8, 4) is 0 Å². The summed E-state index contributed by atoms with van der Waals surface area (Å²) in [5, 5.41) is 18.1. The molecule has 0 aliphatic carbocycles. The number of nitrogens with zero attached hydrogens (tertiary/aromatic N) is 4. The number of hydrogen-bond donors (Lipinski definition) is 2. The van der Waals surface area contributed by atoms with Gasteiger partial charge in [0.25, 0.3) is 0 Å². The lowest BCUT2D eigenvalue weighted by Crippen LogP contribution is -2.14. The van der Waals surface area contributed by atoms with Crippen molar-refractivity contribution < 1.29 is 4.42 Å². The molecule has 0 spiro atoms. The molecule has 4 aromatic rings. The molecule has 0 saturated heterocycles. The predicted molar refractivity (Wildman–Crippen MR) is 119 cm³/mol. The Morgan fingerprint density at radius 1 is 1.03 bits per heavy atom. The van der Waals surface area contributed by atoms with E-state index in [-0.39, 0.29) is 0 Å². The van der Waals surface area contributed by atoms with Crippen molar-refractivity contribution >= 4 is 38.8 Å². The van der Waals surface area contributed by atoms with Crippen molar-refractivity contribution in [3.05, 3.63) is 87.0 Å². The fourth-order valence-corrected chi connectivity index (χ4v) is 3.27. The van der Waals surface area contributed by atoms with Gasteiger partial charge in [-0.2, -0.15) is 10.2 Å². The molecule has 0 radical (unpaired) electrons. The summed E-state index contributed by atoms with van der Waals surface area (Å²) in [6.45, 7) is 3.55. The van der Waals surface area contributed by atoms with Gasteiger partial charge < -0.3 is 4.42 Å². The van der Waals surface area contributed by atoms with Crippen molar-refractivity contribution in [1.29, 1.82) is 0 Å². The number of nitrogens with one attached hydrogen (secondary N) is 2. The second-order valence-corrected chi connectivity index (χ2v) is 7.36. The topological polar surface area (TPSA) is 105 Å². The molecule has 2 N–H and O–H groups in total. The van der Waals surface area contributed by atoms with Crippen molar-refractivity contribution in [2.24, 2.45) is 10.2 Å². The molecule has 8 nitrogen and oxygen atoms in total. The molecule has 9 heteroatoms. The van der Waals surface area contributed by atoms with Crippen LogP contribution in [0.2, 0.25) is 0 Å². The highest BCUT2D eigenvalue weighted by Gasteiger charge is 2.08. The summed E-state index contributed by atoms with van der Waals surface area (Å²) in [5.41, 5.74) is 8.34. The first-order chi connectivity index (χ1) is 14.6. The smallest absolute Gasteiger partial charge is 0.345 e. The minimum Gasteiger partial charge on any atom is -0.422 e. The molecule has 0 fully saturated rings. The average molecular weight is 418 g/mol. The molecule has 30 heavy (non-hydrogen) atoms. The van der Waals surface area contributed by atoms with Gasteiger partial charge in [-0.05, 0) is 38.1 Å². The van der Waals surface area contributed by atoms with Crippen LogP contribution in [0.4, 0.5) is 10.8 Å². The van der Waals surface area contributed by atoms with E-state index in [1.165, 1.54) is 11.3 Å². The standard InChI is InChI=1S/C21H18N6O2S/c1-13(17-12-15-8-6-7-11-18(15)29-20(17)28)22-26-21-27-23-14(2)19(30-21)25-24-16-9-4-3-5-10-16/h3-12,24H,1-2H3,(H,26,27)/b22-13+,25-19+. The van der Waals surface area contributed by atoms with Crippen LogP contribution in [-0.2, 0) is 0 Å². The van der Waals surface area contributed by atoms with E-state index >= 15 is 0 Å². The number of aromatic nitrogens is 2. The minimum absolute atomic E-state index is 0.377. The van der Waals surface area contributed by atoms with Crippen LogP contribution in [0.25, 0.3) is 11.0 Å². The van der Waals surface area contributed by atoms with E-state index in [9.17, 15) is 4.79 Å². The summed E-state index contributed by atoms with van der Waals surface area (Å²) in [6.07, 6.45) is 0. The van der Waals surface area contributed by atoms with Crippen LogP contribution in [0, 0.1) is 6.92 Å². The number of rotatable bonds is 5. The number of hydrogen-bond acceptors (Lipinski definition) is 9. The Labute approximate surface area is 175 Å². The molecular weight excluding hydrogens is 400 g/mol. The quantitative estimate of drug-likeness (QED) is 0.291. The predicted octanol–water partition coefficient (Wildman–Crippen LogP) is 3.72. The fourth-order valence-electron chi connectivity index (χ4n) is 2.63. The molecular formula is C21H18N6O2S. The van der Waals surface area contributed by atoms with Gasteiger partial charge in [0.05, 0.1) is 22.7 Å². The van der Waals surface area contributed by atoms with Gasteiger partial charge in [0, 0.05) is 5.39 Å². The van der Waals surface area contributed by atoms with Crippen LogP contribution in [0.1, 0.15) is 18.2 Å². The zero-order valence-corrected chi connectivity index (χ0v) is 17.1. The maximum Gasteiger partial charge on any atom is 0.345 e. The Morgan fingerprint density at radius 2 is 1.80 bits per heavy atom. The van der Waals surface area contributed by atoms with Crippen molar-refractivity contribution in [3.63, 3.8) is 0 Å². The van der Waals surface area contributed by atoms with E-state index in [0.717, 1.165) is 11.1 Å². The number of aryl methyl sites for hydroxylation is 1. The Bertz CT molecular complexity index is 1340. The maximum atomic E-state index is 12.3. The summed E-state index contributed by atoms with van der Waals surface area (Å²) in [4.78, 5) is 12.3. The van der Waals surface area contributed by atoms with Crippen LogP contribution < -0.4 is 21.1 Å². The first kappa shape index (κ1) is 19.5. The Morgan fingerprint density at radius 3 is 2.63 bits per heavy atom. The monoisotopic (exact) mass is 418 g/mol. The highest BCUT2D eigenvalue weighted by atomic mass is 32.1. The van der Waals surface area contributed by atoms with Gasteiger partial charge in [-0.15, -0.1) is 10.2 Å². The van der Waals surface area contributed by atoms with E-state index in [2.05, 4.69) is 31.3 Å². The summed E-state index contributed by atoms with van der Waals surface area (Å²) in [5.74, 6) is 0. The molecule has 0 atom stereocenters. The molecule has 2 heterocycles. The lowest BCUT2D eigenvalue weighted by Gasteiger charge is -2.04. The first-order valence-electron chi connectivity index (χ1n) is 9.13. The van der Waals surface area contributed by atoms with E-state index in [0.29, 0.717) is 32.4 Å². The molecule has 4 rings (SSSR count). The number of benzene rings is 2. The lowest BCUT2D eigenvalue weighted by atomic mass is 10.1. The van der Waals surface area contributed by atoms with E-state index in [4.69, 9.17) is 4.42 Å². The van der Waals surface area contributed by atoms with Crippen LogP contribution in [0.3, 0.4) is 0 Å². The molecule has 0 amide bonds. The van der Waals surface area contributed by atoms with Crippen LogP contribution in [-0.4, -0.2) is 15.9 Å². The lowest BCUT2D eigenvalue weighted by molar-refractivity contribution is 0.559. The van der Waals surface area contributed by atoms with Gasteiger partial charge >= 0.3 is 5.63 Å². The Kier molecular flexibility index (Phi) is 5.62. The summed E-state index contributed by atoms with van der Waals surface area (Å²) in [6, 6.07) is 18.7. The number of fused-ring (bicyclic) bond motifs is 1. The molecule has 150 valence electrons. The third-order valence-electron chi connectivity index (χ3n) is 4.20. The van der Waals surface area contributed by atoms with E-state index in [1.54, 1.807) is 19.1 Å². The van der Waals surface area contributed by atoms with Gasteiger partial charge in [0.15, 0.2) is 4.67 Å². The van der Waals surface area contributed by atoms with Crippen LogP contribution in [0.15, 0.2) is 80.1 Å². The van der Waals surface area contributed by atoms with Gasteiger partial charge in [0.1, 0.15) is 5.58 Å². The maximum absolute atomic E-state index is 12.3. The third-order valence-corrected chi connectivity index (χ3v) is 5.15. The van der Waals surface area contributed by atoms with Gasteiger partial charge in [-0.25, -0.2) is 4.79 Å². The van der Waals surface area contributed by atoms with Crippen LogP contribution in [0.5, 0.6) is 0 Å². The minimum atomic E-state index is -0.446. The highest BCUT2D eigenvalue weighted by Crippen LogP contribution is 2.13. The second-order valence-electron chi connectivity index (χ2n) is 6.38. The van der Waals surface area contributed by atoms with Crippen molar-refractivity contribution in [1.82, 2.24) is 10.2 Å². The molecule has 2 aromatic heterocycles. The Hall–Kier alpha value is -3.85. The van der Waals surface area contributed by atoms with Gasteiger partial charge in [-0.1, -0.05) is 47.7 Å². The van der Waals surface area contributed by atoms with E-state index in [1.807, 2.05) is 55.5 Å². The molecule has 0 saturated carbocycles. The summed E-state index contributed by atoms with van der Waals surface area (Å²) < 4.78 is 6.02. The normalized spacial score (nSPS) is 12.2. The Balaban J connectivity index is 1.58. The molecule has 0 aliphatic rings. The van der Waals surface area contributed by atoms with Gasteiger partial charge in [-0.3, -0.25) is 10.9 Å². The number of para-hydroxylation sites is 2. The molecule has 2 aromatic carbocycles. The van der Waals surface area contributed by atoms with Crippen molar-refractivity contribution in [2.75, 3.05) is 10.9 Å². The molecule has 0 aliphatic heterocycles. The summed E-state index contributed by atoms with van der Waals surface area (Å²) >= 11 is 1.29. The first-order valence-corrected chi connectivity index (χ1v) is 9.94. The number of hydrazone groups is 1. The summed E-state index contributed by atoms with van der Waals surface area (Å²) in [7, 11) is 0. The average Bonchev–Trinajstić information content (AvgIpc) is 2.77. The largest absolute Gasteiger partial charge is 0.422 e. The van der Waals surface area contributed by atoms with Crippen molar-refractivity contribution in [2.45, 2.75) is 13.8 Å². The van der Waals surface area contributed by atoms with E-state index < -0.39 is 5.63 Å². The molecule has 0 unspecified atom stereocenters. The van der Waals surface area contributed by atoms with Gasteiger partial charge in [0.2, 0.25) is 5.13 Å². The second kappa shape index (κ2) is 8.66. The number of anilines is 2. The highest BCUT2D eigenvalue weighted by molar-refractivity contribution is 7.12. The van der Waals surface area contributed by atoms with Crippen LogP contribution >= 0.6 is 11.3 Å². The SMILES string of the molecule is C/C(=N\Nc1nnc(C)/c(=N\Nc2ccccc2)s1)c1cc2ccccc2oc1=O. The zero-order valence-electron chi connectivity index (χ0n) is 16.3. The third kappa shape index (κ3) is 4.41. The zero-order chi connectivity index (χ0) is 20.9.